The fourth-order valence-corrected chi connectivity index (χ4v) is 3.93. The van der Waals surface area contributed by atoms with Gasteiger partial charge in [0.05, 0.1) is 18.0 Å². The number of ether oxygens (including phenoxy) is 1. The highest BCUT2D eigenvalue weighted by Gasteiger charge is 2.11. The monoisotopic (exact) mass is 437 g/mol. The Hall–Kier alpha value is -2.25. The number of guanidine groups is 1. The molecule has 6 nitrogen and oxygen atoms in total. The molecule has 2 aromatic carbocycles. The van der Waals surface area contributed by atoms with Gasteiger partial charge in [-0.3, -0.25) is 0 Å². The maximum Gasteiger partial charge on any atom is 0.191 e. The highest BCUT2D eigenvalue weighted by atomic mass is 35.5. The Balaban J connectivity index is 1.98. The number of halogens is 1. The third-order valence-corrected chi connectivity index (χ3v) is 5.59. The zero-order valence-corrected chi connectivity index (χ0v) is 18.8. The normalized spacial score (nSPS) is 13.1. The lowest BCUT2D eigenvalue weighted by Crippen LogP contribution is -2.41. The Morgan fingerprint density at radius 3 is 2.59 bits per heavy atom. The van der Waals surface area contributed by atoms with E-state index in [4.69, 9.17) is 16.3 Å². The van der Waals surface area contributed by atoms with Crippen LogP contribution in [0, 0.1) is 6.92 Å². The first-order valence-electron chi connectivity index (χ1n) is 9.43. The zero-order chi connectivity index (χ0) is 21.4. The van der Waals surface area contributed by atoms with Gasteiger partial charge in [0, 0.05) is 17.8 Å². The lowest BCUT2D eigenvalue weighted by molar-refractivity contribution is 0.224. The molecule has 8 heteroatoms. The smallest absolute Gasteiger partial charge is 0.191 e. The van der Waals surface area contributed by atoms with Crippen molar-refractivity contribution in [2.75, 3.05) is 19.3 Å². The Morgan fingerprint density at radius 2 is 1.97 bits per heavy atom. The molecular formula is C21H28ClN3O3S. The molecule has 0 spiro atoms. The van der Waals surface area contributed by atoms with Crippen LogP contribution >= 0.6 is 11.6 Å². The maximum absolute atomic E-state index is 11.7. The molecule has 0 aliphatic carbocycles. The highest BCUT2D eigenvalue weighted by molar-refractivity contribution is 7.90. The van der Waals surface area contributed by atoms with Crippen LogP contribution in [0.5, 0.6) is 5.75 Å². The minimum atomic E-state index is -3.22. The van der Waals surface area contributed by atoms with Gasteiger partial charge < -0.3 is 15.4 Å². The van der Waals surface area contributed by atoms with Crippen molar-refractivity contribution in [3.8, 4) is 5.75 Å². The molecule has 0 saturated carbocycles. The average molecular weight is 438 g/mol. The molecule has 29 heavy (non-hydrogen) atoms. The summed E-state index contributed by atoms with van der Waals surface area (Å²) in [5, 5.41) is 7.09. The average Bonchev–Trinajstić information content (AvgIpc) is 2.63. The van der Waals surface area contributed by atoms with E-state index < -0.39 is 9.84 Å². The summed E-state index contributed by atoms with van der Waals surface area (Å²) in [6, 6.07) is 12.6. The van der Waals surface area contributed by atoms with Crippen LogP contribution in [0.25, 0.3) is 0 Å². The molecule has 1 atom stereocenters. The van der Waals surface area contributed by atoms with Gasteiger partial charge in [-0.1, -0.05) is 29.8 Å². The molecule has 0 heterocycles. The van der Waals surface area contributed by atoms with Gasteiger partial charge in [0.25, 0.3) is 0 Å². The van der Waals surface area contributed by atoms with Crippen LogP contribution in [0.2, 0.25) is 5.02 Å². The van der Waals surface area contributed by atoms with Crippen LogP contribution in [-0.4, -0.2) is 39.8 Å². The fourth-order valence-electron chi connectivity index (χ4n) is 2.79. The quantitative estimate of drug-likeness (QED) is 0.487. The molecule has 2 rings (SSSR count). The number of aryl methyl sites for hydroxylation is 1. The summed E-state index contributed by atoms with van der Waals surface area (Å²) in [5.41, 5.74) is 1.66. The van der Waals surface area contributed by atoms with E-state index >= 15 is 0 Å². The van der Waals surface area contributed by atoms with E-state index in [1.54, 1.807) is 31.2 Å². The molecule has 2 N–H and O–H groups in total. The second kappa shape index (κ2) is 10.5. The van der Waals surface area contributed by atoms with Crippen molar-refractivity contribution in [1.29, 1.82) is 0 Å². The van der Waals surface area contributed by atoms with Gasteiger partial charge in [0.15, 0.2) is 15.8 Å². The van der Waals surface area contributed by atoms with Crippen molar-refractivity contribution in [3.05, 3.63) is 58.6 Å². The molecule has 2 aromatic rings. The number of aliphatic imine (C=N–C) groups is 1. The van der Waals surface area contributed by atoms with Crippen molar-refractivity contribution in [2.45, 2.75) is 38.3 Å². The maximum atomic E-state index is 11.7. The Kier molecular flexibility index (Phi) is 8.34. The lowest BCUT2D eigenvalue weighted by atomic mass is 10.1. The number of nitrogens with one attached hydrogen (secondary N) is 2. The summed E-state index contributed by atoms with van der Waals surface area (Å²) in [6.45, 7) is 7.47. The first-order valence-corrected chi connectivity index (χ1v) is 11.7. The molecule has 0 amide bonds. The summed E-state index contributed by atoms with van der Waals surface area (Å²) >= 11 is 5.98. The molecule has 158 valence electrons. The van der Waals surface area contributed by atoms with Crippen LogP contribution in [-0.2, 0) is 16.4 Å². The van der Waals surface area contributed by atoms with E-state index in [9.17, 15) is 8.42 Å². The van der Waals surface area contributed by atoms with Gasteiger partial charge in [0.2, 0.25) is 0 Å². The number of rotatable bonds is 8. The summed E-state index contributed by atoms with van der Waals surface area (Å²) in [6.07, 6.45) is 1.13. The van der Waals surface area contributed by atoms with E-state index in [1.165, 1.54) is 6.26 Å². The minimum Gasteiger partial charge on any atom is -0.489 e. The molecule has 0 bridgehead atoms. The summed E-state index contributed by atoms with van der Waals surface area (Å²) in [4.78, 5) is 4.93. The number of hydrogen-bond donors (Lipinski definition) is 2. The summed E-state index contributed by atoms with van der Waals surface area (Å²) < 4.78 is 29.4. The largest absolute Gasteiger partial charge is 0.489 e. The van der Waals surface area contributed by atoms with E-state index in [1.807, 2.05) is 32.0 Å². The summed E-state index contributed by atoms with van der Waals surface area (Å²) in [5.74, 6) is 1.38. The lowest BCUT2D eigenvalue weighted by Gasteiger charge is -2.18. The number of sulfone groups is 1. The standard InChI is InChI=1S/C21H28ClN3O3S/c1-5-23-21(24-13-16(3)28-19-8-6-7-18(22)12-19)25-14-17-9-10-20(15(2)11-17)29(4,26)27/h6-12,16H,5,13-14H2,1-4H3,(H2,23,24,25). The van der Waals surface area contributed by atoms with E-state index in [0.29, 0.717) is 29.0 Å². The van der Waals surface area contributed by atoms with Gasteiger partial charge in [0.1, 0.15) is 11.9 Å². The fraction of sp³-hybridized carbons (Fsp3) is 0.381. The van der Waals surface area contributed by atoms with Crippen LogP contribution < -0.4 is 15.4 Å². The second-order valence-electron chi connectivity index (χ2n) is 6.83. The Bertz CT molecular complexity index is 961. The molecule has 0 aliphatic rings. The van der Waals surface area contributed by atoms with Gasteiger partial charge in [-0.05, 0) is 56.2 Å². The van der Waals surface area contributed by atoms with Crippen LogP contribution in [0.4, 0.5) is 0 Å². The predicted molar refractivity (Wildman–Crippen MR) is 119 cm³/mol. The minimum absolute atomic E-state index is 0.0892. The number of benzene rings is 2. The molecule has 0 aliphatic heterocycles. The van der Waals surface area contributed by atoms with E-state index in [0.717, 1.165) is 23.4 Å². The third kappa shape index (κ3) is 7.59. The van der Waals surface area contributed by atoms with Crippen LogP contribution in [0.15, 0.2) is 52.4 Å². The SMILES string of the molecule is CCNC(=NCc1ccc(S(C)(=O)=O)c(C)c1)NCC(C)Oc1cccc(Cl)c1. The van der Waals surface area contributed by atoms with Crippen molar-refractivity contribution in [2.24, 2.45) is 4.99 Å². The van der Waals surface area contributed by atoms with E-state index in [-0.39, 0.29) is 6.10 Å². The third-order valence-electron chi connectivity index (χ3n) is 4.09. The summed E-state index contributed by atoms with van der Waals surface area (Å²) in [7, 11) is -3.22. The molecule has 0 radical (unpaired) electrons. The zero-order valence-electron chi connectivity index (χ0n) is 17.2. The Labute approximate surface area is 178 Å². The Morgan fingerprint density at radius 1 is 1.21 bits per heavy atom. The van der Waals surface area contributed by atoms with Gasteiger partial charge in [-0.2, -0.15) is 0 Å². The molecule has 0 aromatic heterocycles. The molecule has 1 unspecified atom stereocenters. The van der Waals surface area contributed by atoms with Crippen molar-refractivity contribution < 1.29 is 13.2 Å². The molecule has 0 saturated heterocycles. The molecular weight excluding hydrogens is 410 g/mol. The highest BCUT2D eigenvalue weighted by Crippen LogP contribution is 2.18. The van der Waals surface area contributed by atoms with Crippen molar-refractivity contribution in [1.82, 2.24) is 10.6 Å². The van der Waals surface area contributed by atoms with Gasteiger partial charge >= 0.3 is 0 Å². The van der Waals surface area contributed by atoms with Crippen molar-refractivity contribution >= 4 is 27.4 Å². The second-order valence-corrected chi connectivity index (χ2v) is 9.25. The first-order chi connectivity index (χ1) is 13.7. The van der Waals surface area contributed by atoms with Crippen molar-refractivity contribution in [3.63, 3.8) is 0 Å². The van der Waals surface area contributed by atoms with E-state index in [2.05, 4.69) is 15.6 Å². The first kappa shape index (κ1) is 23.0. The number of hydrogen-bond acceptors (Lipinski definition) is 4. The van der Waals surface area contributed by atoms with Gasteiger partial charge in [-0.25, -0.2) is 13.4 Å². The predicted octanol–water partition coefficient (Wildman–Crippen LogP) is 3.57. The van der Waals surface area contributed by atoms with Gasteiger partial charge in [-0.15, -0.1) is 0 Å². The van der Waals surface area contributed by atoms with Crippen LogP contribution in [0.1, 0.15) is 25.0 Å². The number of nitrogens with zero attached hydrogens (tertiary/aromatic N) is 1. The topological polar surface area (TPSA) is 79.8 Å². The van der Waals surface area contributed by atoms with Crippen LogP contribution in [0.3, 0.4) is 0 Å². The molecule has 0 fully saturated rings.